The van der Waals surface area contributed by atoms with E-state index in [-0.39, 0.29) is 12.5 Å². The van der Waals surface area contributed by atoms with Crippen LogP contribution in [0.1, 0.15) is 0 Å². The van der Waals surface area contributed by atoms with Gasteiger partial charge >= 0.3 is 0 Å². The maximum absolute atomic E-state index is 11.5. The summed E-state index contributed by atoms with van der Waals surface area (Å²) in [5.74, 6) is 1.35. The van der Waals surface area contributed by atoms with Crippen molar-refractivity contribution in [2.24, 2.45) is 0 Å². The number of piperazine rings is 1. The monoisotopic (exact) mass is 274 g/mol. The highest BCUT2D eigenvalue weighted by Gasteiger charge is 2.20. The topological polar surface area (TPSA) is 101 Å². The number of rotatable bonds is 3. The van der Waals surface area contributed by atoms with Crippen molar-refractivity contribution in [2.75, 3.05) is 36.9 Å². The van der Waals surface area contributed by atoms with E-state index in [4.69, 9.17) is 0 Å². The van der Waals surface area contributed by atoms with Gasteiger partial charge in [0.2, 0.25) is 23.8 Å². The van der Waals surface area contributed by atoms with E-state index in [2.05, 4.69) is 30.6 Å². The molecule has 0 spiro atoms. The molecule has 1 saturated heterocycles. The van der Waals surface area contributed by atoms with Crippen LogP contribution < -0.4 is 15.5 Å². The molecule has 9 nitrogen and oxygen atoms in total. The minimum absolute atomic E-state index is 0.0353. The summed E-state index contributed by atoms with van der Waals surface area (Å²) in [7, 11) is 1.74. The standard InChI is InChI=1S/C11H14N8O/c1-12-9-15-10(18-5-3-14-8(20)6-18)17-11(16-9)19-4-2-13-7-19/h2,4,7H,3,5-6H2,1H3,(H,14,20)(H,12,15,16,17). The maximum Gasteiger partial charge on any atom is 0.241 e. The van der Waals surface area contributed by atoms with Gasteiger partial charge in [0.25, 0.3) is 0 Å². The summed E-state index contributed by atoms with van der Waals surface area (Å²) in [6, 6.07) is 0. The van der Waals surface area contributed by atoms with E-state index >= 15 is 0 Å². The minimum Gasteiger partial charge on any atom is -0.357 e. The number of amides is 1. The lowest BCUT2D eigenvalue weighted by Gasteiger charge is -2.26. The lowest BCUT2D eigenvalue weighted by molar-refractivity contribution is -0.120. The summed E-state index contributed by atoms with van der Waals surface area (Å²) in [4.78, 5) is 30.2. The Balaban J connectivity index is 1.98. The summed E-state index contributed by atoms with van der Waals surface area (Å²) in [6.07, 6.45) is 5.01. The third kappa shape index (κ3) is 2.37. The van der Waals surface area contributed by atoms with Gasteiger partial charge in [-0.2, -0.15) is 15.0 Å². The van der Waals surface area contributed by atoms with Gasteiger partial charge in [0.05, 0.1) is 6.54 Å². The van der Waals surface area contributed by atoms with Crippen molar-refractivity contribution < 1.29 is 4.79 Å². The molecular weight excluding hydrogens is 260 g/mol. The van der Waals surface area contributed by atoms with Crippen molar-refractivity contribution in [1.82, 2.24) is 29.8 Å². The molecular formula is C11H14N8O. The molecule has 3 heterocycles. The van der Waals surface area contributed by atoms with Crippen LogP contribution in [-0.4, -0.2) is 57.1 Å². The van der Waals surface area contributed by atoms with E-state index in [9.17, 15) is 4.79 Å². The number of aromatic nitrogens is 5. The van der Waals surface area contributed by atoms with E-state index in [1.165, 1.54) is 0 Å². The molecule has 1 fully saturated rings. The SMILES string of the molecule is CNc1nc(N2CCNC(=O)C2)nc(-n2ccnc2)n1. The Morgan fingerprint density at radius 2 is 2.15 bits per heavy atom. The molecule has 1 aliphatic heterocycles. The van der Waals surface area contributed by atoms with Gasteiger partial charge in [-0.15, -0.1) is 0 Å². The van der Waals surface area contributed by atoms with Crippen LogP contribution in [0.3, 0.4) is 0 Å². The van der Waals surface area contributed by atoms with Crippen molar-refractivity contribution in [1.29, 1.82) is 0 Å². The van der Waals surface area contributed by atoms with Crippen molar-refractivity contribution in [3.05, 3.63) is 18.7 Å². The first-order chi connectivity index (χ1) is 9.76. The van der Waals surface area contributed by atoms with E-state index < -0.39 is 0 Å². The second-order valence-electron chi connectivity index (χ2n) is 4.25. The molecule has 0 bridgehead atoms. The Kier molecular flexibility index (Phi) is 3.15. The number of hydrogen-bond donors (Lipinski definition) is 2. The average Bonchev–Trinajstić information content (AvgIpc) is 3.01. The number of anilines is 2. The van der Waals surface area contributed by atoms with Crippen molar-refractivity contribution in [2.45, 2.75) is 0 Å². The van der Waals surface area contributed by atoms with Crippen LogP contribution in [0, 0.1) is 0 Å². The summed E-state index contributed by atoms with van der Waals surface area (Å²) in [5, 5.41) is 5.67. The third-order valence-corrected chi connectivity index (χ3v) is 2.89. The molecule has 2 aromatic rings. The Bertz CT molecular complexity index is 611. The van der Waals surface area contributed by atoms with Gasteiger partial charge in [0.1, 0.15) is 6.33 Å². The fourth-order valence-corrected chi connectivity index (χ4v) is 1.91. The van der Waals surface area contributed by atoms with Crippen LogP contribution in [-0.2, 0) is 4.79 Å². The van der Waals surface area contributed by atoms with Crippen LogP contribution in [0.25, 0.3) is 5.95 Å². The highest BCUT2D eigenvalue weighted by Crippen LogP contribution is 2.13. The molecule has 0 saturated carbocycles. The number of nitrogens with one attached hydrogen (secondary N) is 2. The highest BCUT2D eigenvalue weighted by atomic mass is 16.2. The molecule has 0 atom stereocenters. The van der Waals surface area contributed by atoms with E-state index in [1.54, 1.807) is 30.3 Å². The largest absolute Gasteiger partial charge is 0.357 e. The molecule has 1 aliphatic rings. The molecule has 2 N–H and O–H groups in total. The molecule has 3 rings (SSSR count). The number of hydrogen-bond acceptors (Lipinski definition) is 7. The van der Waals surface area contributed by atoms with Gasteiger partial charge in [-0.25, -0.2) is 4.98 Å². The van der Waals surface area contributed by atoms with Crippen LogP contribution in [0.5, 0.6) is 0 Å². The fraction of sp³-hybridized carbons (Fsp3) is 0.364. The Morgan fingerprint density at radius 3 is 2.85 bits per heavy atom. The first-order valence-electron chi connectivity index (χ1n) is 6.20. The Morgan fingerprint density at radius 1 is 1.30 bits per heavy atom. The molecule has 0 aromatic carbocycles. The van der Waals surface area contributed by atoms with Gasteiger partial charge in [0, 0.05) is 32.5 Å². The molecule has 0 aliphatic carbocycles. The molecule has 1 amide bonds. The van der Waals surface area contributed by atoms with Crippen LogP contribution in [0.2, 0.25) is 0 Å². The zero-order valence-corrected chi connectivity index (χ0v) is 10.9. The average molecular weight is 274 g/mol. The zero-order chi connectivity index (χ0) is 13.9. The van der Waals surface area contributed by atoms with E-state index in [0.29, 0.717) is 30.9 Å². The highest BCUT2D eigenvalue weighted by molar-refractivity contribution is 5.82. The van der Waals surface area contributed by atoms with Crippen LogP contribution >= 0.6 is 0 Å². The second-order valence-corrected chi connectivity index (χ2v) is 4.25. The first kappa shape index (κ1) is 12.3. The number of carbonyl (C=O) groups excluding carboxylic acids is 1. The zero-order valence-electron chi connectivity index (χ0n) is 10.9. The molecule has 0 unspecified atom stereocenters. The Hall–Kier alpha value is -2.71. The third-order valence-electron chi connectivity index (χ3n) is 2.89. The number of carbonyl (C=O) groups is 1. The summed E-state index contributed by atoms with van der Waals surface area (Å²) in [5.41, 5.74) is 0. The fourth-order valence-electron chi connectivity index (χ4n) is 1.91. The van der Waals surface area contributed by atoms with Gasteiger partial charge in [-0.1, -0.05) is 0 Å². The normalized spacial score (nSPS) is 15.1. The van der Waals surface area contributed by atoms with Crippen molar-refractivity contribution in [3.8, 4) is 5.95 Å². The van der Waals surface area contributed by atoms with Gasteiger partial charge in [-0.05, 0) is 0 Å². The minimum atomic E-state index is -0.0353. The first-order valence-corrected chi connectivity index (χ1v) is 6.20. The van der Waals surface area contributed by atoms with Crippen LogP contribution in [0.4, 0.5) is 11.9 Å². The predicted octanol–water partition coefficient (Wildman–Crippen LogP) is -0.965. The smallest absolute Gasteiger partial charge is 0.241 e. The van der Waals surface area contributed by atoms with E-state index in [1.807, 2.05) is 4.90 Å². The van der Waals surface area contributed by atoms with Crippen LogP contribution in [0.15, 0.2) is 18.7 Å². The lowest BCUT2D eigenvalue weighted by Crippen LogP contribution is -2.48. The van der Waals surface area contributed by atoms with Gasteiger partial charge in [0.15, 0.2) is 0 Å². The van der Waals surface area contributed by atoms with Gasteiger partial charge < -0.3 is 15.5 Å². The summed E-state index contributed by atoms with van der Waals surface area (Å²) < 4.78 is 1.69. The lowest BCUT2D eigenvalue weighted by atomic mass is 10.4. The number of nitrogens with zero attached hydrogens (tertiary/aromatic N) is 6. The molecule has 20 heavy (non-hydrogen) atoms. The van der Waals surface area contributed by atoms with Gasteiger partial charge in [-0.3, -0.25) is 9.36 Å². The predicted molar refractivity (Wildman–Crippen MR) is 71.7 cm³/mol. The van der Waals surface area contributed by atoms with Crippen molar-refractivity contribution >= 4 is 17.8 Å². The summed E-state index contributed by atoms with van der Waals surface area (Å²) >= 11 is 0. The quantitative estimate of drug-likeness (QED) is 0.743. The molecule has 0 radical (unpaired) electrons. The molecule has 2 aromatic heterocycles. The van der Waals surface area contributed by atoms with Crippen molar-refractivity contribution in [3.63, 3.8) is 0 Å². The maximum atomic E-state index is 11.5. The summed E-state index contributed by atoms with van der Waals surface area (Å²) in [6.45, 7) is 1.50. The second kappa shape index (κ2) is 5.11. The van der Waals surface area contributed by atoms with E-state index in [0.717, 1.165) is 0 Å². The molecule has 9 heteroatoms. The Labute approximate surface area is 115 Å². The molecule has 104 valence electrons. The number of imidazole rings is 1.